The molecule has 132 valence electrons. The summed E-state index contributed by atoms with van der Waals surface area (Å²) < 4.78 is 12.1. The number of hydrogen-bond donors (Lipinski definition) is 0. The van der Waals surface area contributed by atoms with E-state index in [2.05, 4.69) is 15.9 Å². The molecule has 0 spiro atoms. The lowest BCUT2D eigenvalue weighted by Crippen LogP contribution is -2.18. The van der Waals surface area contributed by atoms with Gasteiger partial charge in [0.05, 0.1) is 22.9 Å². The van der Waals surface area contributed by atoms with E-state index in [1.165, 1.54) is 0 Å². The number of hydrogen-bond acceptors (Lipinski definition) is 4. The van der Waals surface area contributed by atoms with Crippen molar-refractivity contribution in [3.8, 4) is 11.3 Å². The third-order valence-corrected chi connectivity index (χ3v) is 5.03. The molecule has 0 N–H and O–H groups in total. The first-order valence-corrected chi connectivity index (χ1v) is 9.44. The summed E-state index contributed by atoms with van der Waals surface area (Å²) >= 11 is 3.44. The van der Waals surface area contributed by atoms with Gasteiger partial charge in [0.15, 0.2) is 0 Å². The largest absolute Gasteiger partial charge is 0.459 e. The van der Waals surface area contributed by atoms with E-state index in [0.717, 1.165) is 46.1 Å². The molecule has 5 heteroatoms. The summed E-state index contributed by atoms with van der Waals surface area (Å²) in [5.41, 5.74) is 3.01. The summed E-state index contributed by atoms with van der Waals surface area (Å²) in [5, 5.41) is 0.797. The summed E-state index contributed by atoms with van der Waals surface area (Å²) in [6.45, 7) is 1.04. The molecule has 0 saturated carbocycles. The summed E-state index contributed by atoms with van der Waals surface area (Å²) in [4.78, 5) is 17.4. The Labute approximate surface area is 160 Å². The van der Waals surface area contributed by atoms with E-state index < -0.39 is 0 Å². The molecule has 4 nitrogen and oxygen atoms in total. The number of fused-ring (bicyclic) bond motifs is 1. The fourth-order valence-electron chi connectivity index (χ4n) is 3.13. The van der Waals surface area contributed by atoms with Crippen LogP contribution in [0.4, 0.5) is 0 Å². The smallest absolute Gasteiger partial charge is 0.338 e. The zero-order chi connectivity index (χ0) is 17.9. The first-order valence-electron chi connectivity index (χ1n) is 8.65. The Balaban J connectivity index is 1.69. The Kier molecular flexibility index (Phi) is 5.00. The van der Waals surface area contributed by atoms with E-state index in [0.29, 0.717) is 12.2 Å². The predicted octanol–water partition coefficient (Wildman–Crippen LogP) is 5.00. The normalized spacial score (nSPS) is 16.7. The fourth-order valence-corrected chi connectivity index (χ4v) is 3.40. The molecule has 0 bridgehead atoms. The molecule has 1 unspecified atom stereocenters. The van der Waals surface area contributed by atoms with E-state index >= 15 is 0 Å². The van der Waals surface area contributed by atoms with E-state index in [-0.39, 0.29) is 12.1 Å². The molecule has 1 aliphatic heterocycles. The van der Waals surface area contributed by atoms with Crippen molar-refractivity contribution < 1.29 is 14.3 Å². The Hall–Kier alpha value is -2.24. The van der Waals surface area contributed by atoms with Gasteiger partial charge in [-0.05, 0) is 37.1 Å². The number of esters is 1. The van der Waals surface area contributed by atoms with Crippen LogP contribution in [0.15, 0.2) is 59.1 Å². The molecule has 1 fully saturated rings. The number of carbonyl (C=O) groups excluding carboxylic acids is 1. The Morgan fingerprint density at radius 3 is 2.77 bits per heavy atom. The molecule has 1 saturated heterocycles. The summed E-state index contributed by atoms with van der Waals surface area (Å²) in [7, 11) is 0. The van der Waals surface area contributed by atoms with Crippen LogP contribution in [0.3, 0.4) is 0 Å². The maximum Gasteiger partial charge on any atom is 0.338 e. The lowest BCUT2D eigenvalue weighted by molar-refractivity contribution is 0.0163. The molecule has 1 aromatic heterocycles. The first-order chi connectivity index (χ1) is 12.7. The number of carbonyl (C=O) groups is 1. The van der Waals surface area contributed by atoms with Crippen LogP contribution in [-0.4, -0.2) is 30.3 Å². The fraction of sp³-hybridized carbons (Fsp3) is 0.238. The van der Waals surface area contributed by atoms with Gasteiger partial charge in [-0.15, -0.1) is 0 Å². The van der Waals surface area contributed by atoms with Gasteiger partial charge in [0.25, 0.3) is 0 Å². The van der Waals surface area contributed by atoms with E-state index in [9.17, 15) is 4.79 Å². The van der Waals surface area contributed by atoms with Crippen LogP contribution in [0.25, 0.3) is 22.2 Å². The molecule has 1 atom stereocenters. The SMILES string of the molecule is O=C(OCC1CCCO1)c1cc(-c2ccc(Br)cc2)nc2ccccc12. The van der Waals surface area contributed by atoms with Crippen LogP contribution < -0.4 is 0 Å². The minimum absolute atomic E-state index is 0.0120. The maximum atomic E-state index is 12.7. The Bertz CT molecular complexity index is 934. The molecule has 2 heterocycles. The summed E-state index contributed by atoms with van der Waals surface area (Å²) in [6.07, 6.45) is 1.97. The molecular weight excluding hydrogens is 394 g/mol. The van der Waals surface area contributed by atoms with Gasteiger partial charge in [-0.1, -0.05) is 46.3 Å². The minimum atomic E-state index is -0.336. The number of para-hydroxylation sites is 1. The van der Waals surface area contributed by atoms with Crippen molar-refractivity contribution >= 4 is 32.8 Å². The number of benzene rings is 2. The number of pyridine rings is 1. The second-order valence-electron chi connectivity index (χ2n) is 6.31. The van der Waals surface area contributed by atoms with E-state index in [1.807, 2.05) is 54.6 Å². The molecule has 0 amide bonds. The van der Waals surface area contributed by atoms with E-state index in [1.54, 1.807) is 0 Å². The molecule has 0 aliphatic carbocycles. The predicted molar refractivity (Wildman–Crippen MR) is 104 cm³/mol. The highest BCUT2D eigenvalue weighted by atomic mass is 79.9. The zero-order valence-corrected chi connectivity index (χ0v) is 15.7. The second kappa shape index (κ2) is 7.56. The Morgan fingerprint density at radius 2 is 2.00 bits per heavy atom. The van der Waals surface area contributed by atoms with Gasteiger partial charge >= 0.3 is 5.97 Å². The van der Waals surface area contributed by atoms with E-state index in [4.69, 9.17) is 14.5 Å². The van der Waals surface area contributed by atoms with Gasteiger partial charge < -0.3 is 9.47 Å². The van der Waals surface area contributed by atoms with Crippen LogP contribution in [0.2, 0.25) is 0 Å². The molecular formula is C21H18BrNO3. The van der Waals surface area contributed by atoms with Crippen molar-refractivity contribution in [1.29, 1.82) is 0 Å². The highest BCUT2D eigenvalue weighted by Gasteiger charge is 2.20. The van der Waals surface area contributed by atoms with Gasteiger partial charge in [-0.25, -0.2) is 9.78 Å². The quantitative estimate of drug-likeness (QED) is 0.566. The highest BCUT2D eigenvalue weighted by molar-refractivity contribution is 9.10. The van der Waals surface area contributed by atoms with Crippen molar-refractivity contribution in [2.45, 2.75) is 18.9 Å². The van der Waals surface area contributed by atoms with Crippen LogP contribution in [0, 0.1) is 0 Å². The van der Waals surface area contributed by atoms with Crippen molar-refractivity contribution in [3.05, 3.63) is 64.6 Å². The van der Waals surface area contributed by atoms with Gasteiger partial charge in [-0.2, -0.15) is 0 Å². The third-order valence-electron chi connectivity index (χ3n) is 4.50. The number of rotatable bonds is 4. The highest BCUT2D eigenvalue weighted by Crippen LogP contribution is 2.26. The van der Waals surface area contributed by atoms with Crippen molar-refractivity contribution in [2.24, 2.45) is 0 Å². The number of halogens is 1. The molecule has 26 heavy (non-hydrogen) atoms. The monoisotopic (exact) mass is 411 g/mol. The van der Waals surface area contributed by atoms with Gasteiger partial charge in [0.1, 0.15) is 6.61 Å². The zero-order valence-electron chi connectivity index (χ0n) is 14.2. The molecule has 4 rings (SSSR count). The van der Waals surface area contributed by atoms with Gasteiger partial charge in [-0.3, -0.25) is 0 Å². The molecule has 2 aromatic carbocycles. The van der Waals surface area contributed by atoms with Crippen LogP contribution >= 0.6 is 15.9 Å². The average molecular weight is 412 g/mol. The maximum absolute atomic E-state index is 12.7. The molecule has 0 radical (unpaired) electrons. The second-order valence-corrected chi connectivity index (χ2v) is 7.23. The van der Waals surface area contributed by atoms with Crippen molar-refractivity contribution in [2.75, 3.05) is 13.2 Å². The van der Waals surface area contributed by atoms with Crippen molar-refractivity contribution in [1.82, 2.24) is 4.98 Å². The lowest BCUT2D eigenvalue weighted by atomic mass is 10.0. The van der Waals surface area contributed by atoms with Crippen LogP contribution in [0.1, 0.15) is 23.2 Å². The third kappa shape index (κ3) is 3.64. The van der Waals surface area contributed by atoms with Crippen LogP contribution in [-0.2, 0) is 9.47 Å². The van der Waals surface area contributed by atoms with Crippen molar-refractivity contribution in [3.63, 3.8) is 0 Å². The number of ether oxygens (including phenoxy) is 2. The standard InChI is InChI=1S/C21H18BrNO3/c22-15-9-7-14(8-10-15)20-12-18(17-5-1-2-6-19(17)23-20)21(24)26-13-16-4-3-11-25-16/h1-2,5-10,12,16H,3-4,11,13H2. The number of aromatic nitrogens is 1. The van der Waals surface area contributed by atoms with Gasteiger partial charge in [0.2, 0.25) is 0 Å². The van der Waals surface area contributed by atoms with Gasteiger partial charge in [0, 0.05) is 22.0 Å². The topological polar surface area (TPSA) is 48.4 Å². The lowest BCUT2D eigenvalue weighted by Gasteiger charge is -2.12. The van der Waals surface area contributed by atoms with Crippen LogP contribution in [0.5, 0.6) is 0 Å². The number of nitrogens with zero attached hydrogens (tertiary/aromatic N) is 1. The summed E-state index contributed by atoms with van der Waals surface area (Å²) in [6, 6.07) is 17.3. The Morgan fingerprint density at radius 1 is 1.19 bits per heavy atom. The molecule has 3 aromatic rings. The molecule has 1 aliphatic rings. The minimum Gasteiger partial charge on any atom is -0.459 e. The summed E-state index contributed by atoms with van der Waals surface area (Å²) in [5.74, 6) is -0.336. The first kappa shape index (κ1) is 17.2. The average Bonchev–Trinajstić information content (AvgIpc) is 3.19.